The minimum absolute atomic E-state index is 0.00262. The summed E-state index contributed by atoms with van der Waals surface area (Å²) in [5.41, 5.74) is 7.42. The van der Waals surface area contributed by atoms with Gasteiger partial charge in [0.2, 0.25) is 17.7 Å². The van der Waals surface area contributed by atoms with E-state index in [-0.39, 0.29) is 41.3 Å². The van der Waals surface area contributed by atoms with Crippen molar-refractivity contribution < 1.29 is 19.2 Å². The van der Waals surface area contributed by atoms with Gasteiger partial charge in [0.1, 0.15) is 5.01 Å². The highest BCUT2D eigenvalue weighted by Gasteiger charge is 2.34. The van der Waals surface area contributed by atoms with Crippen LogP contribution in [0.3, 0.4) is 0 Å². The van der Waals surface area contributed by atoms with Crippen LogP contribution in [0.1, 0.15) is 77.8 Å². The van der Waals surface area contributed by atoms with E-state index < -0.39 is 0 Å². The predicted molar refractivity (Wildman–Crippen MR) is 184 cm³/mol. The van der Waals surface area contributed by atoms with Gasteiger partial charge < -0.3 is 10.2 Å². The maximum absolute atomic E-state index is 13.6. The van der Waals surface area contributed by atoms with Gasteiger partial charge >= 0.3 is 0 Å². The normalized spacial score (nSPS) is 22.0. The van der Waals surface area contributed by atoms with Crippen molar-refractivity contribution in [3.05, 3.63) is 70.0 Å². The number of carbonyl (C=O) groups is 4. The van der Waals surface area contributed by atoms with Crippen molar-refractivity contribution in [2.24, 2.45) is 11.0 Å². The Bertz CT molecular complexity index is 2020. The van der Waals surface area contributed by atoms with Crippen LogP contribution in [0.2, 0.25) is 0 Å². The molecule has 2 N–H and O–H groups in total. The highest BCUT2D eigenvalue weighted by atomic mass is 32.1. The topological polar surface area (TPSA) is 152 Å². The lowest BCUT2D eigenvalue weighted by atomic mass is 9.81. The first-order valence-corrected chi connectivity index (χ1v) is 17.7. The van der Waals surface area contributed by atoms with Crippen molar-refractivity contribution in [2.75, 3.05) is 18.9 Å². The van der Waals surface area contributed by atoms with Crippen molar-refractivity contribution >= 4 is 46.7 Å². The second-order valence-corrected chi connectivity index (χ2v) is 14.3. The van der Waals surface area contributed by atoms with Crippen LogP contribution in [0.4, 0.5) is 5.69 Å². The molecule has 250 valence electrons. The number of amides is 3. The number of rotatable bonds is 6. The maximum Gasteiger partial charge on any atom is 0.234 e. The summed E-state index contributed by atoms with van der Waals surface area (Å²) in [6, 6.07) is 11.9. The van der Waals surface area contributed by atoms with Crippen molar-refractivity contribution in [3.63, 3.8) is 0 Å². The van der Waals surface area contributed by atoms with Crippen molar-refractivity contribution in [1.82, 2.24) is 30.1 Å². The van der Waals surface area contributed by atoms with Crippen LogP contribution in [0, 0.1) is 5.92 Å². The number of piperidine rings is 1. The number of ketones is 1. The van der Waals surface area contributed by atoms with Crippen molar-refractivity contribution in [1.29, 1.82) is 0 Å². The van der Waals surface area contributed by atoms with Gasteiger partial charge in [-0.25, -0.2) is 4.68 Å². The lowest BCUT2D eigenvalue weighted by Crippen LogP contribution is -2.41. The Balaban J connectivity index is 0.894. The van der Waals surface area contributed by atoms with Gasteiger partial charge in [-0.2, -0.15) is 5.10 Å². The van der Waals surface area contributed by atoms with E-state index in [0.717, 1.165) is 81.6 Å². The molecule has 0 spiro atoms. The van der Waals surface area contributed by atoms with Gasteiger partial charge in [0.05, 0.1) is 41.2 Å². The highest BCUT2D eigenvalue weighted by Crippen LogP contribution is 2.41. The fourth-order valence-electron chi connectivity index (χ4n) is 7.60. The smallest absolute Gasteiger partial charge is 0.234 e. The molecular weight excluding hydrogens is 641 g/mol. The van der Waals surface area contributed by atoms with Crippen LogP contribution in [-0.4, -0.2) is 68.1 Å². The van der Waals surface area contributed by atoms with Crippen LogP contribution < -0.4 is 10.6 Å². The fraction of sp³-hybridized carbons (Fsp3) is 0.389. The molecule has 49 heavy (non-hydrogen) atoms. The SMILES string of the molecule is CNc1cc(-c2ccc3n2N=CC(=O)C3)ncc1-c1nnc([C@H]2CC[C@H](C(=O)N3CCc4cc(C5CCC(=O)NC5=O)ccc4C3)CC2)s1. The van der Waals surface area contributed by atoms with E-state index >= 15 is 0 Å². The number of hydrogen-bond acceptors (Lipinski definition) is 10. The third-order valence-corrected chi connectivity index (χ3v) is 11.5. The Hall–Kier alpha value is -5.04. The molecule has 1 saturated carbocycles. The molecule has 6 heterocycles. The van der Waals surface area contributed by atoms with Crippen LogP contribution in [0.15, 0.2) is 47.7 Å². The standard InChI is InChI=1S/C36H36N8O4S/c1-37-29-16-30(31-10-8-25-15-26(45)17-39-44(25)31)38-18-28(29)35-42-41-34(49-35)20-2-4-21(5-3-20)36(48)43-13-12-22-14-23(6-7-24(22)19-43)27-9-11-32(46)40-33(27)47/h6-8,10,14,16-18,20-21,27H,2-5,9,11-13,15,19H2,1H3,(H,37,38)(H,40,46,47)/t20-,21-,27?. The first kappa shape index (κ1) is 31.2. The number of aromatic nitrogens is 4. The van der Waals surface area contributed by atoms with Crippen LogP contribution >= 0.6 is 11.3 Å². The molecule has 12 nitrogen and oxygen atoms in total. The van der Waals surface area contributed by atoms with Crippen LogP contribution in [0.25, 0.3) is 22.0 Å². The molecule has 1 unspecified atom stereocenters. The molecule has 1 saturated heterocycles. The molecule has 1 aliphatic carbocycles. The second kappa shape index (κ2) is 12.8. The molecule has 8 rings (SSSR count). The Morgan fingerprint density at radius 3 is 2.65 bits per heavy atom. The van der Waals surface area contributed by atoms with Crippen molar-refractivity contribution in [2.45, 2.75) is 69.7 Å². The fourth-order valence-corrected chi connectivity index (χ4v) is 8.63. The molecule has 0 radical (unpaired) electrons. The molecule has 3 aromatic heterocycles. The number of nitrogens with zero attached hydrogens (tertiary/aromatic N) is 6. The lowest BCUT2D eigenvalue weighted by Gasteiger charge is -2.34. The zero-order valence-electron chi connectivity index (χ0n) is 27.1. The minimum atomic E-state index is -0.296. The van der Waals surface area contributed by atoms with Gasteiger partial charge in [-0.1, -0.05) is 29.5 Å². The largest absolute Gasteiger partial charge is 0.387 e. The molecule has 1 atom stereocenters. The number of Topliss-reactive ketones (excluding diaryl/α,β-unsaturated/α-hetero) is 1. The molecule has 3 aliphatic heterocycles. The number of benzene rings is 1. The predicted octanol–water partition coefficient (Wildman–Crippen LogP) is 4.45. The average Bonchev–Trinajstić information content (AvgIpc) is 3.78. The summed E-state index contributed by atoms with van der Waals surface area (Å²) in [6.45, 7) is 1.26. The summed E-state index contributed by atoms with van der Waals surface area (Å²) in [4.78, 5) is 56.1. The molecule has 4 aliphatic rings. The van der Waals surface area contributed by atoms with Crippen LogP contribution in [-0.2, 0) is 38.6 Å². The third-order valence-electron chi connectivity index (χ3n) is 10.3. The average molecular weight is 677 g/mol. The van der Waals surface area contributed by atoms with Gasteiger partial charge in [0.25, 0.3) is 0 Å². The molecule has 13 heteroatoms. The van der Waals surface area contributed by atoms with Crippen molar-refractivity contribution in [3.8, 4) is 22.0 Å². The summed E-state index contributed by atoms with van der Waals surface area (Å²) >= 11 is 1.58. The number of pyridine rings is 1. The Kier molecular flexibility index (Phi) is 8.14. The lowest BCUT2D eigenvalue weighted by molar-refractivity contribution is -0.137. The summed E-state index contributed by atoms with van der Waals surface area (Å²) in [5.74, 6) is -0.244. The summed E-state index contributed by atoms with van der Waals surface area (Å²) < 4.78 is 1.76. The maximum atomic E-state index is 13.6. The number of hydrogen-bond donors (Lipinski definition) is 2. The monoisotopic (exact) mass is 676 g/mol. The van der Waals surface area contributed by atoms with Crippen LogP contribution in [0.5, 0.6) is 0 Å². The summed E-state index contributed by atoms with van der Waals surface area (Å²) in [7, 11) is 1.87. The summed E-state index contributed by atoms with van der Waals surface area (Å²) in [5, 5.41) is 20.9. The summed E-state index contributed by atoms with van der Waals surface area (Å²) in [6.07, 6.45) is 8.58. The molecule has 4 aromatic rings. The zero-order valence-corrected chi connectivity index (χ0v) is 28.0. The van der Waals surface area contributed by atoms with Gasteiger partial charge in [-0.15, -0.1) is 10.2 Å². The number of carbonyl (C=O) groups excluding carboxylic acids is 4. The highest BCUT2D eigenvalue weighted by molar-refractivity contribution is 7.14. The third kappa shape index (κ3) is 5.96. The van der Waals surface area contributed by atoms with E-state index in [0.29, 0.717) is 32.4 Å². The van der Waals surface area contributed by atoms with E-state index in [1.54, 1.807) is 16.0 Å². The van der Waals surface area contributed by atoms with Gasteiger partial charge in [-0.05, 0) is 73.4 Å². The minimum Gasteiger partial charge on any atom is -0.387 e. The van der Waals surface area contributed by atoms with Gasteiger partial charge in [0.15, 0.2) is 10.8 Å². The zero-order chi connectivity index (χ0) is 33.6. The Morgan fingerprint density at radius 1 is 0.980 bits per heavy atom. The first-order chi connectivity index (χ1) is 23.8. The van der Waals surface area contributed by atoms with E-state index in [2.05, 4.69) is 32.0 Å². The van der Waals surface area contributed by atoms with Gasteiger partial charge in [0, 0.05) is 50.3 Å². The van der Waals surface area contributed by atoms with E-state index in [4.69, 9.17) is 4.98 Å². The van der Waals surface area contributed by atoms with E-state index in [9.17, 15) is 19.2 Å². The second-order valence-electron chi connectivity index (χ2n) is 13.3. The van der Waals surface area contributed by atoms with E-state index in [1.165, 1.54) is 11.8 Å². The number of imide groups is 1. The quantitative estimate of drug-likeness (QED) is 0.285. The first-order valence-electron chi connectivity index (χ1n) is 16.9. The number of nitrogens with one attached hydrogen (secondary N) is 2. The van der Waals surface area contributed by atoms with E-state index in [1.807, 2.05) is 48.5 Å². The number of anilines is 1. The number of fused-ring (bicyclic) bond motifs is 2. The Morgan fingerprint density at radius 2 is 1.84 bits per heavy atom. The molecular formula is C36H36N8O4S. The van der Waals surface area contributed by atoms with Gasteiger partial charge in [-0.3, -0.25) is 29.5 Å². The molecule has 1 aromatic carbocycles. The molecule has 2 fully saturated rings. The molecule has 3 amide bonds. The Labute approximate surface area is 287 Å². The molecule has 0 bridgehead atoms.